The van der Waals surface area contributed by atoms with Gasteiger partial charge in [0.2, 0.25) is 0 Å². The number of amides is 1. The highest BCUT2D eigenvalue weighted by Gasteiger charge is 2.49. The Morgan fingerprint density at radius 2 is 2.00 bits per heavy atom. The van der Waals surface area contributed by atoms with Crippen LogP contribution in [0.15, 0.2) is 46.9 Å². The number of carbonyl (C=O) groups excluding carboxylic acids is 1. The van der Waals surface area contributed by atoms with Crippen molar-refractivity contribution in [3.8, 4) is 0 Å². The largest absolute Gasteiger partial charge is 0.340 e. The van der Waals surface area contributed by atoms with E-state index in [0.717, 1.165) is 21.9 Å². The number of aromatic nitrogens is 2. The molecule has 1 aromatic heterocycles. The number of rotatable bonds is 2. The van der Waals surface area contributed by atoms with Gasteiger partial charge in [-0.25, -0.2) is 4.98 Å². The lowest BCUT2D eigenvalue weighted by atomic mass is 9.99. The van der Waals surface area contributed by atoms with Gasteiger partial charge < -0.3 is 19.4 Å². The van der Waals surface area contributed by atoms with E-state index in [9.17, 15) is 4.79 Å². The Labute approximate surface area is 177 Å². The first-order valence-corrected chi connectivity index (χ1v) is 10.6. The van der Waals surface area contributed by atoms with Crippen molar-refractivity contribution in [2.45, 2.75) is 44.8 Å². The average molecular weight is 456 g/mol. The first-order valence-electron chi connectivity index (χ1n) is 9.76. The standard InChI is InChI=1S/C22H22BrN3O3/c1-22(2)28-18(20-24-16-8-7-15(23)11-17(16)25-20)19(29-22)21(27)26-10-9-13-5-3-4-6-14(13)12-26/h3-8,11,18-19H,9-10,12H2,1-2H3,(H,24,25)/t18-,19-/m1/s1. The van der Waals surface area contributed by atoms with E-state index in [1.807, 2.05) is 49.1 Å². The molecule has 0 spiro atoms. The number of ether oxygens (including phenoxy) is 2. The van der Waals surface area contributed by atoms with E-state index in [4.69, 9.17) is 9.47 Å². The Hall–Kier alpha value is -2.22. The van der Waals surface area contributed by atoms with Crippen LogP contribution in [0.1, 0.15) is 36.9 Å². The van der Waals surface area contributed by atoms with Crippen LogP contribution in [0.3, 0.4) is 0 Å². The molecule has 1 saturated heterocycles. The smallest absolute Gasteiger partial charge is 0.255 e. The van der Waals surface area contributed by atoms with Gasteiger partial charge in [0, 0.05) is 17.6 Å². The van der Waals surface area contributed by atoms with Crippen LogP contribution in [-0.2, 0) is 27.2 Å². The van der Waals surface area contributed by atoms with Crippen molar-refractivity contribution in [2.24, 2.45) is 0 Å². The molecule has 1 amide bonds. The van der Waals surface area contributed by atoms with Crippen LogP contribution >= 0.6 is 15.9 Å². The molecule has 1 fully saturated rings. The molecule has 0 bridgehead atoms. The topological polar surface area (TPSA) is 67.5 Å². The van der Waals surface area contributed by atoms with Crippen LogP contribution in [0, 0.1) is 0 Å². The van der Waals surface area contributed by atoms with Crippen LogP contribution in [0.25, 0.3) is 11.0 Å². The monoisotopic (exact) mass is 455 g/mol. The number of imidazole rings is 1. The number of fused-ring (bicyclic) bond motifs is 2. The van der Waals surface area contributed by atoms with Crippen LogP contribution < -0.4 is 0 Å². The highest BCUT2D eigenvalue weighted by Crippen LogP contribution is 2.39. The van der Waals surface area contributed by atoms with Crippen LogP contribution in [-0.4, -0.2) is 39.2 Å². The van der Waals surface area contributed by atoms with Crippen LogP contribution in [0.5, 0.6) is 0 Å². The van der Waals surface area contributed by atoms with Crippen LogP contribution in [0.4, 0.5) is 0 Å². The van der Waals surface area contributed by atoms with Gasteiger partial charge in [0.15, 0.2) is 18.0 Å². The van der Waals surface area contributed by atoms with E-state index in [0.29, 0.717) is 18.9 Å². The molecule has 3 aromatic rings. The van der Waals surface area contributed by atoms with E-state index in [-0.39, 0.29) is 5.91 Å². The van der Waals surface area contributed by atoms with Gasteiger partial charge in [-0.05, 0) is 49.6 Å². The number of hydrogen-bond donors (Lipinski definition) is 1. The minimum absolute atomic E-state index is 0.0586. The summed E-state index contributed by atoms with van der Waals surface area (Å²) in [6, 6.07) is 14.1. The molecule has 0 radical (unpaired) electrons. The number of nitrogens with one attached hydrogen (secondary N) is 1. The first-order chi connectivity index (χ1) is 13.9. The number of halogens is 1. The molecular formula is C22H22BrN3O3. The number of hydrogen-bond acceptors (Lipinski definition) is 4. The Balaban J connectivity index is 1.45. The zero-order valence-corrected chi connectivity index (χ0v) is 17.9. The normalized spacial score (nSPS) is 23.3. The lowest BCUT2D eigenvalue weighted by molar-refractivity contribution is -0.162. The lowest BCUT2D eigenvalue weighted by Gasteiger charge is -2.31. The minimum Gasteiger partial charge on any atom is -0.340 e. The number of aromatic amines is 1. The summed E-state index contributed by atoms with van der Waals surface area (Å²) in [6.45, 7) is 4.93. The molecule has 29 heavy (non-hydrogen) atoms. The number of H-pyrrole nitrogens is 1. The summed E-state index contributed by atoms with van der Waals surface area (Å²) in [7, 11) is 0. The lowest BCUT2D eigenvalue weighted by Crippen LogP contribution is -2.44. The summed E-state index contributed by atoms with van der Waals surface area (Å²) in [6.07, 6.45) is -0.470. The molecule has 0 unspecified atom stereocenters. The molecule has 1 N–H and O–H groups in total. The predicted octanol–water partition coefficient (Wildman–Crippen LogP) is 4.10. The highest BCUT2D eigenvalue weighted by molar-refractivity contribution is 9.10. The van der Waals surface area contributed by atoms with E-state index in [1.165, 1.54) is 11.1 Å². The Morgan fingerprint density at radius 1 is 1.21 bits per heavy atom. The van der Waals surface area contributed by atoms with Crippen molar-refractivity contribution in [1.82, 2.24) is 14.9 Å². The molecule has 2 aliphatic rings. The zero-order chi connectivity index (χ0) is 20.2. The molecule has 0 aliphatic carbocycles. The molecule has 2 aromatic carbocycles. The second-order valence-electron chi connectivity index (χ2n) is 8.04. The van der Waals surface area contributed by atoms with Gasteiger partial charge in [-0.3, -0.25) is 4.79 Å². The quantitative estimate of drug-likeness (QED) is 0.631. The van der Waals surface area contributed by atoms with E-state index in [1.54, 1.807) is 0 Å². The molecule has 7 heteroatoms. The second-order valence-corrected chi connectivity index (χ2v) is 8.95. The average Bonchev–Trinajstić information content (AvgIpc) is 3.26. The second kappa shape index (κ2) is 6.93. The summed E-state index contributed by atoms with van der Waals surface area (Å²) in [5, 5.41) is 0. The summed E-state index contributed by atoms with van der Waals surface area (Å²) in [5.74, 6) is -0.311. The maximum absolute atomic E-state index is 13.4. The van der Waals surface area contributed by atoms with Crippen LogP contribution in [0.2, 0.25) is 0 Å². The molecule has 6 nitrogen and oxygen atoms in total. The van der Waals surface area contributed by atoms with Gasteiger partial charge in [0.25, 0.3) is 5.91 Å². The van der Waals surface area contributed by atoms with Gasteiger partial charge in [0.05, 0.1) is 11.0 Å². The Bertz CT molecular complexity index is 1090. The van der Waals surface area contributed by atoms with Crippen molar-refractivity contribution in [2.75, 3.05) is 6.54 Å². The van der Waals surface area contributed by atoms with Gasteiger partial charge in [-0.1, -0.05) is 40.2 Å². The summed E-state index contributed by atoms with van der Waals surface area (Å²) in [4.78, 5) is 23.3. The van der Waals surface area contributed by atoms with Gasteiger partial charge >= 0.3 is 0 Å². The first kappa shape index (κ1) is 18.8. The van der Waals surface area contributed by atoms with E-state index in [2.05, 4.69) is 38.0 Å². The Kier molecular flexibility index (Phi) is 4.49. The van der Waals surface area contributed by atoms with Crippen molar-refractivity contribution >= 4 is 32.9 Å². The fourth-order valence-corrected chi connectivity index (χ4v) is 4.49. The van der Waals surface area contributed by atoms with Gasteiger partial charge in [0.1, 0.15) is 5.82 Å². The van der Waals surface area contributed by atoms with Crippen molar-refractivity contribution in [3.63, 3.8) is 0 Å². The molecule has 2 atom stereocenters. The Morgan fingerprint density at radius 3 is 2.83 bits per heavy atom. The zero-order valence-electron chi connectivity index (χ0n) is 16.3. The summed E-state index contributed by atoms with van der Waals surface area (Å²) >= 11 is 3.47. The molecule has 5 rings (SSSR count). The molecule has 150 valence electrons. The third-order valence-corrected chi connectivity index (χ3v) is 6.01. The third kappa shape index (κ3) is 3.47. The van der Waals surface area contributed by atoms with Crippen molar-refractivity contribution in [1.29, 1.82) is 0 Å². The molecule has 0 saturated carbocycles. The predicted molar refractivity (Wildman–Crippen MR) is 112 cm³/mol. The minimum atomic E-state index is -0.863. The van der Waals surface area contributed by atoms with Crippen molar-refractivity contribution < 1.29 is 14.3 Å². The summed E-state index contributed by atoms with van der Waals surface area (Å²) in [5.41, 5.74) is 4.21. The summed E-state index contributed by atoms with van der Waals surface area (Å²) < 4.78 is 13.1. The third-order valence-electron chi connectivity index (χ3n) is 5.52. The highest BCUT2D eigenvalue weighted by atomic mass is 79.9. The van der Waals surface area contributed by atoms with Gasteiger partial charge in [-0.2, -0.15) is 0 Å². The molecule has 3 heterocycles. The molecule has 2 aliphatic heterocycles. The fourth-order valence-electron chi connectivity index (χ4n) is 4.14. The van der Waals surface area contributed by atoms with E-state index >= 15 is 0 Å². The van der Waals surface area contributed by atoms with Gasteiger partial charge in [-0.15, -0.1) is 0 Å². The number of benzene rings is 2. The molecular weight excluding hydrogens is 434 g/mol. The fraction of sp³-hybridized carbons (Fsp3) is 0.364. The number of carbonyl (C=O) groups is 1. The maximum atomic E-state index is 13.4. The van der Waals surface area contributed by atoms with Crippen molar-refractivity contribution in [3.05, 3.63) is 63.9 Å². The van der Waals surface area contributed by atoms with E-state index < -0.39 is 18.0 Å². The SMILES string of the molecule is CC1(C)O[C@@H](C(=O)N2CCc3ccccc3C2)[C@H](c2nc3cc(Br)ccc3[nH]2)O1. The maximum Gasteiger partial charge on any atom is 0.255 e. The number of nitrogens with zero attached hydrogens (tertiary/aromatic N) is 2.